The Balaban J connectivity index is 2.37. The minimum absolute atomic E-state index is 0.109. The first-order chi connectivity index (χ1) is 12.0. The van der Waals surface area contributed by atoms with Crippen LogP contribution in [-0.2, 0) is 20.5 Å². The van der Waals surface area contributed by atoms with Crippen LogP contribution < -0.4 is 4.74 Å². The van der Waals surface area contributed by atoms with Gasteiger partial charge in [0.2, 0.25) is 5.79 Å². The van der Waals surface area contributed by atoms with E-state index >= 15 is 0 Å². The standard InChI is InChI=1S/C17H16ClF3O4S/c1-3-16(2,24-13-7-5-4-6-8-13)25-26(22,23)15-11-12(17(19,20)21)9-10-14(15)18/h4-11H,3H2,1-2H3. The zero-order valence-corrected chi connectivity index (χ0v) is 15.5. The van der Waals surface area contributed by atoms with E-state index in [0.717, 1.165) is 6.07 Å². The van der Waals surface area contributed by atoms with Crippen LogP contribution in [0.5, 0.6) is 5.75 Å². The highest BCUT2D eigenvalue weighted by molar-refractivity contribution is 7.87. The zero-order chi connectivity index (χ0) is 19.6. The van der Waals surface area contributed by atoms with Crippen molar-refractivity contribution in [3.05, 3.63) is 59.1 Å². The summed E-state index contributed by atoms with van der Waals surface area (Å²) in [6, 6.07) is 10.3. The lowest BCUT2D eigenvalue weighted by molar-refractivity contribution is -0.137. The highest BCUT2D eigenvalue weighted by Gasteiger charge is 2.37. The van der Waals surface area contributed by atoms with Gasteiger partial charge in [0, 0.05) is 13.3 Å². The van der Waals surface area contributed by atoms with E-state index in [-0.39, 0.29) is 11.4 Å². The normalized spacial score (nSPS) is 14.7. The smallest absolute Gasteiger partial charge is 0.416 e. The first kappa shape index (κ1) is 20.5. The number of benzene rings is 2. The van der Waals surface area contributed by atoms with Crippen LogP contribution in [0.1, 0.15) is 25.8 Å². The Bertz CT molecular complexity index is 869. The molecule has 0 heterocycles. The number of alkyl halides is 3. The summed E-state index contributed by atoms with van der Waals surface area (Å²) in [6.07, 6.45) is -4.61. The summed E-state index contributed by atoms with van der Waals surface area (Å²) in [7, 11) is -4.62. The summed E-state index contributed by atoms with van der Waals surface area (Å²) >= 11 is 5.80. The Labute approximate surface area is 154 Å². The van der Waals surface area contributed by atoms with E-state index in [0.29, 0.717) is 17.9 Å². The van der Waals surface area contributed by atoms with Crippen molar-refractivity contribution in [1.82, 2.24) is 0 Å². The van der Waals surface area contributed by atoms with Crippen molar-refractivity contribution in [2.75, 3.05) is 0 Å². The maximum absolute atomic E-state index is 12.9. The van der Waals surface area contributed by atoms with Gasteiger partial charge in [-0.15, -0.1) is 0 Å². The van der Waals surface area contributed by atoms with Gasteiger partial charge < -0.3 is 4.74 Å². The fraction of sp³-hybridized carbons (Fsp3) is 0.294. The van der Waals surface area contributed by atoms with Gasteiger partial charge in [0.25, 0.3) is 0 Å². The van der Waals surface area contributed by atoms with Crippen molar-refractivity contribution in [2.45, 2.75) is 37.1 Å². The second kappa shape index (κ2) is 7.46. The van der Waals surface area contributed by atoms with E-state index in [1.165, 1.54) is 6.92 Å². The van der Waals surface area contributed by atoms with E-state index in [1.807, 2.05) is 0 Å². The van der Waals surface area contributed by atoms with Gasteiger partial charge in [-0.25, -0.2) is 4.18 Å². The molecule has 0 saturated heterocycles. The van der Waals surface area contributed by atoms with Crippen molar-refractivity contribution in [1.29, 1.82) is 0 Å². The van der Waals surface area contributed by atoms with E-state index in [1.54, 1.807) is 37.3 Å². The summed E-state index contributed by atoms with van der Waals surface area (Å²) in [4.78, 5) is -0.773. The molecule has 1 unspecified atom stereocenters. The third kappa shape index (κ3) is 4.90. The van der Waals surface area contributed by atoms with Crippen LogP contribution in [-0.4, -0.2) is 14.2 Å². The van der Waals surface area contributed by atoms with Crippen molar-refractivity contribution >= 4 is 21.7 Å². The quantitative estimate of drug-likeness (QED) is 0.482. The number of ether oxygens (including phenoxy) is 1. The van der Waals surface area contributed by atoms with Gasteiger partial charge in [-0.3, -0.25) is 0 Å². The minimum Gasteiger partial charge on any atom is -0.461 e. The third-order valence-electron chi connectivity index (χ3n) is 3.53. The zero-order valence-electron chi connectivity index (χ0n) is 13.9. The molecule has 4 nitrogen and oxygen atoms in total. The molecule has 2 rings (SSSR count). The molecule has 26 heavy (non-hydrogen) atoms. The Morgan fingerprint density at radius 2 is 1.69 bits per heavy atom. The van der Waals surface area contributed by atoms with Crippen LogP contribution in [0.2, 0.25) is 5.02 Å². The average Bonchev–Trinajstić information content (AvgIpc) is 2.54. The molecule has 1 atom stereocenters. The molecule has 0 radical (unpaired) electrons. The van der Waals surface area contributed by atoms with Crippen LogP contribution in [0.4, 0.5) is 13.2 Å². The Hall–Kier alpha value is -1.77. The first-order valence-electron chi connectivity index (χ1n) is 7.53. The van der Waals surface area contributed by atoms with Gasteiger partial charge in [0.15, 0.2) is 0 Å². The second-order valence-electron chi connectivity index (χ2n) is 5.58. The fourth-order valence-corrected chi connectivity index (χ4v) is 3.72. The van der Waals surface area contributed by atoms with Gasteiger partial charge in [-0.2, -0.15) is 21.6 Å². The molecule has 2 aromatic rings. The second-order valence-corrected chi connectivity index (χ2v) is 7.50. The molecular formula is C17H16ClF3O4S. The van der Waals surface area contributed by atoms with Crippen LogP contribution in [0, 0.1) is 0 Å². The molecule has 2 aromatic carbocycles. The van der Waals surface area contributed by atoms with Gasteiger partial charge >= 0.3 is 16.3 Å². The van der Waals surface area contributed by atoms with E-state index in [4.69, 9.17) is 20.5 Å². The summed E-state index contributed by atoms with van der Waals surface area (Å²) in [5, 5.41) is -0.379. The SMILES string of the molecule is CCC(C)(Oc1ccccc1)OS(=O)(=O)c1cc(C(F)(F)F)ccc1Cl. The molecule has 0 fully saturated rings. The van der Waals surface area contributed by atoms with Crippen molar-refractivity contribution < 1.29 is 30.5 Å². The van der Waals surface area contributed by atoms with E-state index in [9.17, 15) is 21.6 Å². The number of hydrogen-bond donors (Lipinski definition) is 0. The fourth-order valence-electron chi connectivity index (χ4n) is 2.03. The molecule has 0 spiro atoms. The Morgan fingerprint density at radius 3 is 2.23 bits per heavy atom. The monoisotopic (exact) mass is 408 g/mol. The average molecular weight is 409 g/mol. The van der Waals surface area contributed by atoms with Crippen molar-refractivity contribution in [3.8, 4) is 5.75 Å². The lowest BCUT2D eigenvalue weighted by Crippen LogP contribution is -2.37. The van der Waals surface area contributed by atoms with Crippen LogP contribution >= 0.6 is 11.6 Å². The lowest BCUT2D eigenvalue weighted by atomic mass is 10.2. The molecule has 0 N–H and O–H groups in total. The summed E-state index contributed by atoms with van der Waals surface area (Å²) in [5.41, 5.74) is -1.15. The van der Waals surface area contributed by atoms with E-state index < -0.39 is 32.5 Å². The van der Waals surface area contributed by atoms with Gasteiger partial charge in [-0.05, 0) is 30.3 Å². The summed E-state index contributed by atoms with van der Waals surface area (Å²) in [5.74, 6) is -1.28. The number of hydrogen-bond acceptors (Lipinski definition) is 4. The van der Waals surface area contributed by atoms with Crippen LogP contribution in [0.3, 0.4) is 0 Å². The highest BCUT2D eigenvalue weighted by atomic mass is 35.5. The van der Waals surface area contributed by atoms with Crippen LogP contribution in [0.15, 0.2) is 53.4 Å². The van der Waals surface area contributed by atoms with Crippen molar-refractivity contribution in [2.24, 2.45) is 0 Å². The maximum Gasteiger partial charge on any atom is 0.416 e. The molecule has 0 aliphatic carbocycles. The third-order valence-corrected chi connectivity index (χ3v) is 5.42. The molecule has 0 bridgehead atoms. The molecule has 0 aliphatic heterocycles. The highest BCUT2D eigenvalue weighted by Crippen LogP contribution is 2.35. The first-order valence-corrected chi connectivity index (χ1v) is 9.32. The summed E-state index contributed by atoms with van der Waals surface area (Å²) in [6.45, 7) is 2.99. The summed E-state index contributed by atoms with van der Waals surface area (Å²) < 4.78 is 74.4. The predicted octanol–water partition coefficient (Wildman–Crippen LogP) is 5.27. The number of rotatable bonds is 6. The number of halogens is 4. The van der Waals surface area contributed by atoms with Crippen molar-refractivity contribution in [3.63, 3.8) is 0 Å². The minimum atomic E-state index is -4.72. The number of para-hydroxylation sites is 1. The Morgan fingerprint density at radius 1 is 1.08 bits per heavy atom. The Kier molecular flexibility index (Phi) is 5.89. The van der Waals surface area contributed by atoms with Gasteiger partial charge in [0.05, 0.1) is 10.6 Å². The van der Waals surface area contributed by atoms with E-state index in [2.05, 4.69) is 0 Å². The molecule has 9 heteroatoms. The molecule has 0 aromatic heterocycles. The maximum atomic E-state index is 12.9. The lowest BCUT2D eigenvalue weighted by Gasteiger charge is -2.29. The van der Waals surface area contributed by atoms with Gasteiger partial charge in [0.1, 0.15) is 10.6 Å². The van der Waals surface area contributed by atoms with Gasteiger partial charge in [-0.1, -0.05) is 36.7 Å². The van der Waals surface area contributed by atoms with Crippen LogP contribution in [0.25, 0.3) is 0 Å². The predicted molar refractivity (Wildman–Crippen MR) is 90.5 cm³/mol. The molecule has 0 aliphatic rings. The molecular weight excluding hydrogens is 393 g/mol. The topological polar surface area (TPSA) is 52.6 Å². The largest absolute Gasteiger partial charge is 0.461 e. The molecule has 0 amide bonds. The molecule has 0 saturated carbocycles. The molecule has 142 valence electrons.